The lowest BCUT2D eigenvalue weighted by Gasteiger charge is -2.14. The van der Waals surface area contributed by atoms with Gasteiger partial charge in [0.25, 0.3) is 5.91 Å². The Morgan fingerprint density at radius 1 is 1.38 bits per heavy atom. The van der Waals surface area contributed by atoms with E-state index in [1.165, 1.54) is 0 Å². The minimum Gasteiger partial charge on any atom is -0.469 e. The van der Waals surface area contributed by atoms with E-state index in [9.17, 15) is 4.79 Å². The highest BCUT2D eigenvalue weighted by Gasteiger charge is 2.13. The van der Waals surface area contributed by atoms with Crippen LogP contribution < -0.4 is 5.32 Å². The SMILES string of the molecule is Cc1occc1C(=O)NC(C)CCC(C)C. The number of furan rings is 1. The van der Waals surface area contributed by atoms with E-state index in [4.69, 9.17) is 4.42 Å². The van der Waals surface area contributed by atoms with Crippen LogP contribution >= 0.6 is 0 Å². The number of carbonyl (C=O) groups is 1. The molecule has 0 spiro atoms. The van der Waals surface area contributed by atoms with Crippen molar-refractivity contribution in [2.75, 3.05) is 0 Å². The van der Waals surface area contributed by atoms with E-state index in [0.717, 1.165) is 12.8 Å². The summed E-state index contributed by atoms with van der Waals surface area (Å²) in [5.41, 5.74) is 0.636. The Labute approximate surface area is 97.2 Å². The molecule has 1 N–H and O–H groups in total. The van der Waals surface area contributed by atoms with Crippen LogP contribution in [0.2, 0.25) is 0 Å². The molecule has 16 heavy (non-hydrogen) atoms. The lowest BCUT2D eigenvalue weighted by molar-refractivity contribution is 0.0935. The van der Waals surface area contributed by atoms with Gasteiger partial charge < -0.3 is 9.73 Å². The molecular weight excluding hydrogens is 202 g/mol. The predicted octanol–water partition coefficient (Wildman–Crippen LogP) is 3.14. The molecule has 0 fully saturated rings. The molecule has 0 saturated carbocycles. The van der Waals surface area contributed by atoms with Gasteiger partial charge in [0, 0.05) is 6.04 Å². The average molecular weight is 223 g/mol. The molecule has 0 aromatic carbocycles. The molecule has 1 unspecified atom stereocenters. The van der Waals surface area contributed by atoms with Crippen LogP contribution in [0.15, 0.2) is 16.7 Å². The molecule has 1 atom stereocenters. The average Bonchev–Trinajstić information content (AvgIpc) is 2.61. The van der Waals surface area contributed by atoms with Crippen molar-refractivity contribution in [3.63, 3.8) is 0 Å². The standard InChI is InChI=1S/C13H21NO2/c1-9(2)5-6-10(3)14-13(15)12-7-8-16-11(12)4/h7-10H,5-6H2,1-4H3,(H,14,15). The Hall–Kier alpha value is -1.25. The van der Waals surface area contributed by atoms with Crippen LogP contribution in [0.5, 0.6) is 0 Å². The van der Waals surface area contributed by atoms with E-state index in [1.807, 2.05) is 6.92 Å². The van der Waals surface area contributed by atoms with Crippen molar-refractivity contribution < 1.29 is 9.21 Å². The van der Waals surface area contributed by atoms with Crippen molar-refractivity contribution in [3.8, 4) is 0 Å². The fourth-order valence-corrected chi connectivity index (χ4v) is 1.58. The fourth-order valence-electron chi connectivity index (χ4n) is 1.58. The summed E-state index contributed by atoms with van der Waals surface area (Å²) in [7, 11) is 0. The van der Waals surface area contributed by atoms with Gasteiger partial charge in [-0.25, -0.2) is 0 Å². The molecule has 0 aliphatic carbocycles. The first kappa shape index (κ1) is 12.8. The highest BCUT2D eigenvalue weighted by atomic mass is 16.3. The van der Waals surface area contributed by atoms with Crippen LogP contribution in [0, 0.1) is 12.8 Å². The predicted molar refractivity (Wildman–Crippen MR) is 64.4 cm³/mol. The van der Waals surface area contributed by atoms with Crippen molar-refractivity contribution in [3.05, 3.63) is 23.7 Å². The van der Waals surface area contributed by atoms with Crippen LogP contribution in [0.1, 0.15) is 49.7 Å². The second kappa shape index (κ2) is 5.73. The minimum atomic E-state index is -0.0393. The van der Waals surface area contributed by atoms with Crippen molar-refractivity contribution in [1.29, 1.82) is 0 Å². The molecule has 0 radical (unpaired) electrons. The third-order valence-electron chi connectivity index (χ3n) is 2.66. The Morgan fingerprint density at radius 3 is 2.56 bits per heavy atom. The largest absolute Gasteiger partial charge is 0.469 e. The summed E-state index contributed by atoms with van der Waals surface area (Å²) in [6, 6.07) is 1.92. The number of rotatable bonds is 5. The Bertz CT molecular complexity index is 341. The number of amides is 1. The van der Waals surface area contributed by atoms with Gasteiger partial charge in [-0.2, -0.15) is 0 Å². The zero-order chi connectivity index (χ0) is 12.1. The molecule has 1 aromatic rings. The van der Waals surface area contributed by atoms with Gasteiger partial charge in [-0.05, 0) is 38.7 Å². The molecule has 90 valence electrons. The first-order chi connectivity index (χ1) is 7.50. The summed E-state index contributed by atoms with van der Waals surface area (Å²) < 4.78 is 5.10. The smallest absolute Gasteiger partial charge is 0.255 e. The van der Waals surface area contributed by atoms with Gasteiger partial charge in [-0.3, -0.25) is 4.79 Å². The van der Waals surface area contributed by atoms with Crippen LogP contribution in [-0.4, -0.2) is 11.9 Å². The van der Waals surface area contributed by atoms with Gasteiger partial charge in [0.1, 0.15) is 5.76 Å². The zero-order valence-electron chi connectivity index (χ0n) is 10.5. The molecule has 3 nitrogen and oxygen atoms in total. The van der Waals surface area contributed by atoms with Crippen LogP contribution in [0.3, 0.4) is 0 Å². The van der Waals surface area contributed by atoms with E-state index in [0.29, 0.717) is 17.2 Å². The maximum absolute atomic E-state index is 11.8. The Morgan fingerprint density at radius 2 is 2.06 bits per heavy atom. The number of nitrogens with one attached hydrogen (secondary N) is 1. The van der Waals surface area contributed by atoms with E-state index < -0.39 is 0 Å². The molecule has 1 aromatic heterocycles. The van der Waals surface area contributed by atoms with Gasteiger partial charge in [0.15, 0.2) is 0 Å². The quantitative estimate of drug-likeness (QED) is 0.833. The maximum Gasteiger partial charge on any atom is 0.255 e. The van der Waals surface area contributed by atoms with E-state index in [1.54, 1.807) is 19.3 Å². The van der Waals surface area contributed by atoms with Gasteiger partial charge in [-0.15, -0.1) is 0 Å². The second-order valence-corrected chi connectivity index (χ2v) is 4.74. The lowest BCUT2D eigenvalue weighted by atomic mass is 10.0. The zero-order valence-corrected chi connectivity index (χ0v) is 10.5. The van der Waals surface area contributed by atoms with Gasteiger partial charge >= 0.3 is 0 Å². The Balaban J connectivity index is 2.43. The normalized spacial score (nSPS) is 12.8. The lowest BCUT2D eigenvalue weighted by Crippen LogP contribution is -2.32. The molecule has 1 amide bonds. The van der Waals surface area contributed by atoms with E-state index >= 15 is 0 Å². The summed E-state index contributed by atoms with van der Waals surface area (Å²) in [4.78, 5) is 11.8. The first-order valence-corrected chi connectivity index (χ1v) is 5.85. The second-order valence-electron chi connectivity index (χ2n) is 4.74. The maximum atomic E-state index is 11.8. The van der Waals surface area contributed by atoms with Crippen molar-refractivity contribution in [2.24, 2.45) is 5.92 Å². The van der Waals surface area contributed by atoms with Gasteiger partial charge in [0.2, 0.25) is 0 Å². The summed E-state index contributed by atoms with van der Waals surface area (Å²) in [6.07, 6.45) is 3.69. The third-order valence-corrected chi connectivity index (χ3v) is 2.66. The Kier molecular flexibility index (Phi) is 4.59. The monoisotopic (exact) mass is 223 g/mol. The summed E-state index contributed by atoms with van der Waals surface area (Å²) in [6.45, 7) is 8.22. The highest BCUT2D eigenvalue weighted by Crippen LogP contribution is 2.10. The van der Waals surface area contributed by atoms with Crippen LogP contribution in [0.25, 0.3) is 0 Å². The summed E-state index contributed by atoms with van der Waals surface area (Å²) >= 11 is 0. The van der Waals surface area contributed by atoms with Crippen LogP contribution in [0.4, 0.5) is 0 Å². The summed E-state index contributed by atoms with van der Waals surface area (Å²) in [5, 5.41) is 2.98. The number of carbonyl (C=O) groups excluding carboxylic acids is 1. The van der Waals surface area contributed by atoms with Gasteiger partial charge in [0.05, 0.1) is 11.8 Å². The van der Waals surface area contributed by atoms with E-state index in [-0.39, 0.29) is 11.9 Å². The molecule has 3 heteroatoms. The van der Waals surface area contributed by atoms with Crippen molar-refractivity contribution >= 4 is 5.91 Å². The van der Waals surface area contributed by atoms with Gasteiger partial charge in [-0.1, -0.05) is 13.8 Å². The molecule has 0 aliphatic heterocycles. The molecule has 1 heterocycles. The first-order valence-electron chi connectivity index (χ1n) is 5.85. The topological polar surface area (TPSA) is 42.2 Å². The van der Waals surface area contributed by atoms with E-state index in [2.05, 4.69) is 19.2 Å². The summed E-state index contributed by atoms with van der Waals surface area (Å²) in [5.74, 6) is 1.31. The molecule has 0 bridgehead atoms. The number of hydrogen-bond acceptors (Lipinski definition) is 2. The minimum absolute atomic E-state index is 0.0393. The number of aryl methyl sites for hydroxylation is 1. The number of hydrogen-bond donors (Lipinski definition) is 1. The third kappa shape index (κ3) is 3.72. The van der Waals surface area contributed by atoms with Crippen molar-refractivity contribution in [2.45, 2.75) is 46.6 Å². The highest BCUT2D eigenvalue weighted by molar-refractivity contribution is 5.95. The fraction of sp³-hybridized carbons (Fsp3) is 0.615. The molecular formula is C13H21NO2. The van der Waals surface area contributed by atoms with Crippen molar-refractivity contribution in [1.82, 2.24) is 5.32 Å². The molecule has 1 rings (SSSR count). The molecule has 0 saturated heterocycles. The van der Waals surface area contributed by atoms with Crippen LogP contribution in [-0.2, 0) is 0 Å². The molecule has 0 aliphatic rings.